The number of anilines is 3. The summed E-state index contributed by atoms with van der Waals surface area (Å²) in [7, 11) is 1.74. The first-order valence-corrected chi connectivity index (χ1v) is 6.63. The molecule has 1 aliphatic heterocycles. The van der Waals surface area contributed by atoms with Gasteiger partial charge in [-0.1, -0.05) is 23.2 Å². The highest BCUT2D eigenvalue weighted by Gasteiger charge is 2.14. The Morgan fingerprint density at radius 2 is 1.80 bits per heavy atom. The summed E-state index contributed by atoms with van der Waals surface area (Å²) in [6, 6.07) is 7.15. The van der Waals surface area contributed by atoms with Gasteiger partial charge in [0.2, 0.25) is 6.79 Å². The molecule has 2 aromatic rings. The number of pyridine rings is 1. The molecule has 7 heteroatoms. The number of fused-ring (bicyclic) bond motifs is 1. The monoisotopic (exact) mass is 311 g/mol. The zero-order valence-corrected chi connectivity index (χ0v) is 12.0. The maximum atomic E-state index is 6.13. The third kappa shape index (κ3) is 2.42. The number of aromatic nitrogens is 1. The summed E-state index contributed by atoms with van der Waals surface area (Å²) in [6.07, 6.45) is 0. The second-order valence-corrected chi connectivity index (χ2v) is 4.91. The summed E-state index contributed by atoms with van der Waals surface area (Å²) >= 11 is 12.1. The first-order valence-electron chi connectivity index (χ1n) is 5.88. The average Bonchev–Trinajstić information content (AvgIpc) is 2.89. The Hall–Kier alpha value is -1.85. The van der Waals surface area contributed by atoms with Gasteiger partial charge in [-0.15, -0.1) is 0 Å². The molecule has 0 radical (unpaired) electrons. The molecule has 0 saturated heterocycles. The minimum absolute atomic E-state index is 0.239. The van der Waals surface area contributed by atoms with Crippen molar-refractivity contribution in [3.8, 4) is 11.5 Å². The fraction of sp³-hybridized carbons (Fsp3) is 0.154. The lowest BCUT2D eigenvalue weighted by Gasteiger charge is -2.11. The SMILES string of the molecule is CNc1nc(Nc2ccc3c(c2)OCO3)c(Cl)cc1Cl. The van der Waals surface area contributed by atoms with Gasteiger partial charge in [0.15, 0.2) is 17.3 Å². The summed E-state index contributed by atoms with van der Waals surface area (Å²) in [5, 5.41) is 6.93. The van der Waals surface area contributed by atoms with E-state index in [1.54, 1.807) is 13.1 Å². The van der Waals surface area contributed by atoms with Crippen LogP contribution in [0.1, 0.15) is 0 Å². The van der Waals surface area contributed by atoms with Crippen LogP contribution in [0.2, 0.25) is 10.0 Å². The summed E-state index contributed by atoms with van der Waals surface area (Å²) < 4.78 is 10.6. The quantitative estimate of drug-likeness (QED) is 0.900. The Labute approximate surface area is 125 Å². The Bertz CT molecular complexity index is 664. The van der Waals surface area contributed by atoms with Gasteiger partial charge in [0.05, 0.1) is 10.0 Å². The Balaban J connectivity index is 1.91. The fourth-order valence-corrected chi connectivity index (χ4v) is 2.34. The van der Waals surface area contributed by atoms with Gasteiger partial charge in [0, 0.05) is 18.8 Å². The van der Waals surface area contributed by atoms with E-state index in [0.29, 0.717) is 27.4 Å². The molecule has 0 unspecified atom stereocenters. The van der Waals surface area contributed by atoms with Gasteiger partial charge in [-0.25, -0.2) is 4.98 Å². The fourth-order valence-electron chi connectivity index (χ4n) is 1.84. The molecular formula is C13H11Cl2N3O2. The zero-order chi connectivity index (χ0) is 14.1. The molecule has 3 rings (SSSR count). The normalized spacial score (nSPS) is 12.3. The van der Waals surface area contributed by atoms with E-state index in [1.165, 1.54) is 0 Å². The minimum Gasteiger partial charge on any atom is -0.454 e. The first-order chi connectivity index (χ1) is 9.67. The molecule has 0 spiro atoms. The van der Waals surface area contributed by atoms with Gasteiger partial charge in [0.1, 0.15) is 5.82 Å². The highest BCUT2D eigenvalue weighted by atomic mass is 35.5. The van der Waals surface area contributed by atoms with Crippen molar-refractivity contribution < 1.29 is 9.47 Å². The predicted octanol–water partition coefficient (Wildman–Crippen LogP) is 3.90. The van der Waals surface area contributed by atoms with Crippen LogP contribution >= 0.6 is 23.2 Å². The van der Waals surface area contributed by atoms with Gasteiger partial charge in [0.25, 0.3) is 0 Å². The number of nitrogens with one attached hydrogen (secondary N) is 2. The molecule has 0 fully saturated rings. The van der Waals surface area contributed by atoms with Crippen molar-refractivity contribution >= 4 is 40.5 Å². The van der Waals surface area contributed by atoms with E-state index in [9.17, 15) is 0 Å². The molecule has 1 aliphatic rings. The number of nitrogens with zero attached hydrogens (tertiary/aromatic N) is 1. The van der Waals surface area contributed by atoms with Crippen LogP contribution in [0, 0.1) is 0 Å². The number of benzene rings is 1. The van der Waals surface area contributed by atoms with Crippen molar-refractivity contribution in [3.05, 3.63) is 34.3 Å². The smallest absolute Gasteiger partial charge is 0.231 e. The highest BCUT2D eigenvalue weighted by molar-refractivity contribution is 6.37. The molecule has 0 atom stereocenters. The van der Waals surface area contributed by atoms with E-state index in [2.05, 4.69) is 15.6 Å². The molecule has 0 amide bonds. The van der Waals surface area contributed by atoms with Gasteiger partial charge < -0.3 is 20.1 Å². The molecule has 5 nitrogen and oxygen atoms in total. The maximum Gasteiger partial charge on any atom is 0.231 e. The van der Waals surface area contributed by atoms with Crippen LogP contribution in [-0.2, 0) is 0 Å². The van der Waals surface area contributed by atoms with Crippen LogP contribution < -0.4 is 20.1 Å². The minimum atomic E-state index is 0.239. The second-order valence-electron chi connectivity index (χ2n) is 4.09. The number of halogens is 2. The Kier molecular flexibility index (Phi) is 3.46. The zero-order valence-electron chi connectivity index (χ0n) is 10.5. The highest BCUT2D eigenvalue weighted by Crippen LogP contribution is 2.36. The molecule has 2 heterocycles. The van der Waals surface area contributed by atoms with E-state index in [0.717, 1.165) is 11.4 Å². The lowest BCUT2D eigenvalue weighted by Crippen LogP contribution is -1.99. The van der Waals surface area contributed by atoms with Crippen molar-refractivity contribution in [3.63, 3.8) is 0 Å². The van der Waals surface area contributed by atoms with Crippen molar-refractivity contribution in [2.24, 2.45) is 0 Å². The molecular weight excluding hydrogens is 301 g/mol. The predicted molar refractivity (Wildman–Crippen MR) is 79.7 cm³/mol. The molecule has 2 N–H and O–H groups in total. The summed E-state index contributed by atoms with van der Waals surface area (Å²) in [4.78, 5) is 4.32. The topological polar surface area (TPSA) is 55.4 Å². The van der Waals surface area contributed by atoms with Crippen LogP contribution in [0.25, 0.3) is 0 Å². The Morgan fingerprint density at radius 1 is 1.05 bits per heavy atom. The van der Waals surface area contributed by atoms with E-state index >= 15 is 0 Å². The molecule has 104 valence electrons. The molecule has 20 heavy (non-hydrogen) atoms. The van der Waals surface area contributed by atoms with Crippen molar-refractivity contribution in [1.29, 1.82) is 0 Å². The largest absolute Gasteiger partial charge is 0.454 e. The van der Waals surface area contributed by atoms with Gasteiger partial charge in [-0.05, 0) is 18.2 Å². The maximum absolute atomic E-state index is 6.13. The number of ether oxygens (including phenoxy) is 2. The molecule has 0 aliphatic carbocycles. The van der Waals surface area contributed by atoms with Crippen molar-refractivity contribution in [2.45, 2.75) is 0 Å². The Morgan fingerprint density at radius 3 is 2.60 bits per heavy atom. The molecule has 0 saturated carbocycles. The summed E-state index contributed by atoms with van der Waals surface area (Å²) in [6.45, 7) is 0.239. The first kappa shape index (κ1) is 13.1. The number of hydrogen-bond donors (Lipinski definition) is 2. The summed E-state index contributed by atoms with van der Waals surface area (Å²) in [5.74, 6) is 2.48. The van der Waals surface area contributed by atoms with Crippen LogP contribution in [0.3, 0.4) is 0 Å². The second kappa shape index (κ2) is 5.26. The number of hydrogen-bond acceptors (Lipinski definition) is 5. The third-order valence-electron chi connectivity index (χ3n) is 2.80. The molecule has 1 aromatic heterocycles. The van der Waals surface area contributed by atoms with Gasteiger partial charge in [-0.3, -0.25) is 0 Å². The van der Waals surface area contributed by atoms with Crippen LogP contribution in [0.15, 0.2) is 24.3 Å². The standard InChI is InChI=1S/C13H11Cl2N3O2/c1-16-12-8(14)5-9(15)13(18-12)17-7-2-3-10-11(4-7)20-6-19-10/h2-5H,6H2,1H3,(H2,16,17,18). The van der Waals surface area contributed by atoms with Crippen molar-refractivity contribution in [1.82, 2.24) is 4.98 Å². The molecule has 1 aromatic carbocycles. The van der Waals surface area contributed by atoms with E-state index in [4.69, 9.17) is 32.7 Å². The lowest BCUT2D eigenvalue weighted by molar-refractivity contribution is 0.174. The van der Waals surface area contributed by atoms with E-state index in [-0.39, 0.29) is 6.79 Å². The summed E-state index contributed by atoms with van der Waals surface area (Å²) in [5.41, 5.74) is 0.799. The lowest BCUT2D eigenvalue weighted by atomic mass is 10.2. The van der Waals surface area contributed by atoms with Crippen LogP contribution in [0.4, 0.5) is 17.3 Å². The third-order valence-corrected chi connectivity index (χ3v) is 3.38. The van der Waals surface area contributed by atoms with E-state index in [1.807, 2.05) is 18.2 Å². The van der Waals surface area contributed by atoms with Gasteiger partial charge >= 0.3 is 0 Å². The van der Waals surface area contributed by atoms with Crippen LogP contribution in [0.5, 0.6) is 11.5 Å². The molecule has 0 bridgehead atoms. The van der Waals surface area contributed by atoms with Crippen molar-refractivity contribution in [2.75, 3.05) is 24.5 Å². The van der Waals surface area contributed by atoms with Crippen LogP contribution in [-0.4, -0.2) is 18.8 Å². The number of rotatable bonds is 3. The van der Waals surface area contributed by atoms with E-state index < -0.39 is 0 Å². The van der Waals surface area contributed by atoms with Gasteiger partial charge in [-0.2, -0.15) is 0 Å². The average molecular weight is 312 g/mol.